The lowest BCUT2D eigenvalue weighted by atomic mass is 10.2. The van der Waals surface area contributed by atoms with Gasteiger partial charge in [-0.1, -0.05) is 36.4 Å². The second kappa shape index (κ2) is 8.35. The molecule has 25 heavy (non-hydrogen) atoms. The Bertz CT molecular complexity index is 800. The Hall–Kier alpha value is -2.79. The van der Waals surface area contributed by atoms with Gasteiger partial charge in [0.25, 0.3) is 0 Å². The number of methoxy groups -OCH3 is 1. The molecule has 5 heteroatoms. The molecule has 0 fully saturated rings. The summed E-state index contributed by atoms with van der Waals surface area (Å²) >= 11 is 0. The Morgan fingerprint density at radius 2 is 1.76 bits per heavy atom. The molecular weight excluding hydrogens is 314 g/mol. The van der Waals surface area contributed by atoms with Crippen molar-refractivity contribution in [1.82, 2.24) is 15.1 Å². The molecule has 1 N–H and O–H groups in total. The molecule has 1 aromatic heterocycles. The fraction of sp³-hybridized carbons (Fsp3) is 0.250. The summed E-state index contributed by atoms with van der Waals surface area (Å²) in [6.45, 7) is 2.06. The smallest absolute Gasteiger partial charge is 0.161 e. The molecule has 0 radical (unpaired) electrons. The minimum absolute atomic E-state index is 0.524. The summed E-state index contributed by atoms with van der Waals surface area (Å²) < 4.78 is 13.2. The predicted molar refractivity (Wildman–Crippen MR) is 97.5 cm³/mol. The number of rotatable bonds is 8. The predicted octanol–water partition coefficient (Wildman–Crippen LogP) is 3.30. The van der Waals surface area contributed by atoms with Gasteiger partial charge >= 0.3 is 0 Å². The van der Waals surface area contributed by atoms with Crippen LogP contribution in [0, 0.1) is 0 Å². The lowest BCUT2D eigenvalue weighted by Crippen LogP contribution is -2.12. The maximum atomic E-state index is 5.89. The van der Waals surface area contributed by atoms with Crippen molar-refractivity contribution >= 4 is 0 Å². The average Bonchev–Trinajstić information content (AvgIpc) is 3.06. The van der Waals surface area contributed by atoms with E-state index in [1.54, 1.807) is 11.8 Å². The number of aryl methyl sites for hydroxylation is 1. The van der Waals surface area contributed by atoms with Gasteiger partial charge in [0.05, 0.1) is 13.3 Å². The molecular formula is C20H23N3O2. The van der Waals surface area contributed by atoms with Crippen LogP contribution in [0.25, 0.3) is 0 Å². The number of ether oxygens (including phenoxy) is 2. The van der Waals surface area contributed by atoms with Gasteiger partial charge < -0.3 is 14.8 Å². The van der Waals surface area contributed by atoms with E-state index in [-0.39, 0.29) is 0 Å². The van der Waals surface area contributed by atoms with Crippen LogP contribution < -0.4 is 14.8 Å². The highest BCUT2D eigenvalue weighted by atomic mass is 16.5. The Morgan fingerprint density at radius 3 is 2.48 bits per heavy atom. The molecule has 1 heterocycles. The van der Waals surface area contributed by atoms with Crippen molar-refractivity contribution in [3.8, 4) is 11.5 Å². The van der Waals surface area contributed by atoms with Crippen LogP contribution >= 0.6 is 0 Å². The van der Waals surface area contributed by atoms with Crippen LogP contribution in [0.2, 0.25) is 0 Å². The van der Waals surface area contributed by atoms with Crippen molar-refractivity contribution in [1.29, 1.82) is 0 Å². The Kier molecular flexibility index (Phi) is 5.69. The molecule has 0 amide bonds. The number of nitrogens with zero attached hydrogens (tertiary/aromatic N) is 2. The van der Waals surface area contributed by atoms with Crippen LogP contribution in [0.15, 0.2) is 60.9 Å². The Morgan fingerprint density at radius 1 is 0.960 bits per heavy atom. The molecule has 0 saturated carbocycles. The number of hydrogen-bond donors (Lipinski definition) is 1. The molecule has 0 aliphatic rings. The van der Waals surface area contributed by atoms with Crippen molar-refractivity contribution in [3.63, 3.8) is 0 Å². The molecule has 0 aliphatic carbocycles. The maximum absolute atomic E-state index is 5.89. The van der Waals surface area contributed by atoms with Gasteiger partial charge in [0.1, 0.15) is 6.61 Å². The zero-order chi connectivity index (χ0) is 17.5. The minimum Gasteiger partial charge on any atom is -0.493 e. The van der Waals surface area contributed by atoms with Crippen LogP contribution in [0.4, 0.5) is 0 Å². The van der Waals surface area contributed by atoms with Crippen LogP contribution in [-0.4, -0.2) is 16.9 Å². The van der Waals surface area contributed by atoms with Crippen LogP contribution in [-0.2, 0) is 26.7 Å². The number of hydrogen-bond acceptors (Lipinski definition) is 4. The minimum atomic E-state index is 0.524. The van der Waals surface area contributed by atoms with Gasteiger partial charge in [-0.25, -0.2) is 0 Å². The quantitative estimate of drug-likeness (QED) is 0.685. The monoisotopic (exact) mass is 337 g/mol. The Balaban J connectivity index is 1.57. The molecule has 130 valence electrons. The lowest BCUT2D eigenvalue weighted by molar-refractivity contribution is 0.284. The normalized spacial score (nSPS) is 10.6. The van der Waals surface area contributed by atoms with Crippen molar-refractivity contribution in [3.05, 3.63) is 77.6 Å². The zero-order valence-corrected chi connectivity index (χ0v) is 14.6. The Labute approximate surface area is 148 Å². The topological polar surface area (TPSA) is 48.3 Å². The zero-order valence-electron chi connectivity index (χ0n) is 14.6. The molecule has 2 aromatic carbocycles. The number of aromatic nitrogens is 2. The van der Waals surface area contributed by atoms with E-state index in [0.29, 0.717) is 6.61 Å². The van der Waals surface area contributed by atoms with Gasteiger partial charge in [0.15, 0.2) is 11.5 Å². The summed E-state index contributed by atoms with van der Waals surface area (Å²) in [5.74, 6) is 1.50. The van der Waals surface area contributed by atoms with Gasteiger partial charge in [-0.05, 0) is 23.3 Å². The van der Waals surface area contributed by atoms with Gasteiger partial charge in [0.2, 0.25) is 0 Å². The summed E-state index contributed by atoms with van der Waals surface area (Å²) in [7, 11) is 3.58. The summed E-state index contributed by atoms with van der Waals surface area (Å²) in [5, 5.41) is 7.58. The molecule has 0 saturated heterocycles. The highest BCUT2D eigenvalue weighted by molar-refractivity contribution is 5.43. The maximum Gasteiger partial charge on any atom is 0.161 e. The summed E-state index contributed by atoms with van der Waals surface area (Å²) in [6.07, 6.45) is 3.88. The second-order valence-electron chi connectivity index (χ2n) is 5.89. The van der Waals surface area contributed by atoms with Gasteiger partial charge in [-0.3, -0.25) is 4.68 Å². The van der Waals surface area contributed by atoms with E-state index < -0.39 is 0 Å². The molecule has 3 aromatic rings. The van der Waals surface area contributed by atoms with E-state index in [0.717, 1.165) is 41.3 Å². The molecule has 0 bridgehead atoms. The molecule has 0 unspecified atom stereocenters. The van der Waals surface area contributed by atoms with Gasteiger partial charge in [-0.2, -0.15) is 5.10 Å². The van der Waals surface area contributed by atoms with Crippen molar-refractivity contribution < 1.29 is 9.47 Å². The first-order chi connectivity index (χ1) is 12.2. The van der Waals surface area contributed by atoms with Crippen LogP contribution in [0.3, 0.4) is 0 Å². The SMILES string of the molecule is COc1cc(CNCc2cnn(C)c2)ccc1OCc1ccccc1. The van der Waals surface area contributed by atoms with E-state index in [1.807, 2.05) is 61.9 Å². The average molecular weight is 337 g/mol. The molecule has 0 aliphatic heterocycles. The number of benzene rings is 2. The second-order valence-corrected chi connectivity index (χ2v) is 5.89. The summed E-state index contributed by atoms with van der Waals surface area (Å²) in [6, 6.07) is 16.1. The molecule has 3 rings (SSSR count). The standard InChI is InChI=1S/C20H23N3O2/c1-23-14-18(13-22-23)12-21-11-17-8-9-19(20(10-17)24-2)25-15-16-6-4-3-5-7-16/h3-10,13-14,21H,11-12,15H2,1-2H3. The molecule has 0 spiro atoms. The third kappa shape index (κ3) is 4.84. The lowest BCUT2D eigenvalue weighted by Gasteiger charge is -2.12. The van der Waals surface area contributed by atoms with Crippen molar-refractivity contribution in [2.75, 3.05) is 7.11 Å². The highest BCUT2D eigenvalue weighted by Gasteiger charge is 2.06. The van der Waals surface area contributed by atoms with Crippen LogP contribution in [0.1, 0.15) is 16.7 Å². The summed E-state index contributed by atoms with van der Waals surface area (Å²) in [4.78, 5) is 0. The fourth-order valence-electron chi connectivity index (χ4n) is 2.59. The van der Waals surface area contributed by atoms with Crippen molar-refractivity contribution in [2.45, 2.75) is 19.7 Å². The molecule has 0 atom stereocenters. The third-order valence-corrected chi connectivity index (χ3v) is 3.88. The van der Waals surface area contributed by atoms with E-state index in [9.17, 15) is 0 Å². The van der Waals surface area contributed by atoms with Crippen molar-refractivity contribution in [2.24, 2.45) is 7.05 Å². The molecule has 5 nitrogen and oxygen atoms in total. The summed E-state index contributed by atoms with van der Waals surface area (Å²) in [5.41, 5.74) is 3.44. The van der Waals surface area contributed by atoms with E-state index >= 15 is 0 Å². The largest absolute Gasteiger partial charge is 0.493 e. The highest BCUT2D eigenvalue weighted by Crippen LogP contribution is 2.28. The van der Waals surface area contributed by atoms with Gasteiger partial charge in [0, 0.05) is 31.9 Å². The van der Waals surface area contributed by atoms with E-state index in [4.69, 9.17) is 9.47 Å². The van der Waals surface area contributed by atoms with E-state index in [2.05, 4.69) is 16.5 Å². The number of nitrogens with one attached hydrogen (secondary N) is 1. The fourth-order valence-corrected chi connectivity index (χ4v) is 2.59. The first-order valence-electron chi connectivity index (χ1n) is 8.26. The third-order valence-electron chi connectivity index (χ3n) is 3.88. The van der Waals surface area contributed by atoms with Crippen LogP contribution in [0.5, 0.6) is 11.5 Å². The van der Waals surface area contributed by atoms with E-state index in [1.165, 1.54) is 0 Å². The first-order valence-corrected chi connectivity index (χ1v) is 8.26. The van der Waals surface area contributed by atoms with Gasteiger partial charge in [-0.15, -0.1) is 0 Å². The first kappa shape index (κ1) is 17.0.